The first-order valence-electron chi connectivity index (χ1n) is 10.8. The second-order valence-corrected chi connectivity index (χ2v) is 8.21. The molecule has 5 rings (SSSR count). The Kier molecular flexibility index (Phi) is 5.38. The molecule has 31 heavy (non-hydrogen) atoms. The molecule has 0 bridgehead atoms. The minimum absolute atomic E-state index is 0.0248. The van der Waals surface area contributed by atoms with Gasteiger partial charge in [-0.1, -0.05) is 0 Å². The molecule has 4 heterocycles. The zero-order chi connectivity index (χ0) is 21.2. The van der Waals surface area contributed by atoms with E-state index in [1.54, 1.807) is 18.3 Å². The lowest BCUT2D eigenvalue weighted by Crippen LogP contribution is -2.43. The molecule has 1 amide bonds. The van der Waals surface area contributed by atoms with E-state index in [4.69, 9.17) is 15.2 Å². The topological polar surface area (TPSA) is 106 Å². The van der Waals surface area contributed by atoms with Crippen LogP contribution in [0.4, 0.5) is 5.82 Å². The maximum Gasteiger partial charge on any atom is 0.257 e. The van der Waals surface area contributed by atoms with Gasteiger partial charge in [0.25, 0.3) is 5.91 Å². The molecule has 1 unspecified atom stereocenters. The zero-order valence-corrected chi connectivity index (χ0v) is 17.3. The van der Waals surface area contributed by atoms with Gasteiger partial charge in [-0.15, -0.1) is 0 Å². The van der Waals surface area contributed by atoms with Crippen molar-refractivity contribution >= 4 is 22.6 Å². The Bertz CT molecular complexity index is 1070. The summed E-state index contributed by atoms with van der Waals surface area (Å²) in [4.78, 5) is 21.8. The average Bonchev–Trinajstić information content (AvgIpc) is 3.29. The molecular weight excluding hydrogens is 394 g/mol. The van der Waals surface area contributed by atoms with E-state index in [1.165, 1.54) is 0 Å². The van der Waals surface area contributed by atoms with Crippen molar-refractivity contribution in [3.8, 4) is 11.5 Å². The molecule has 1 saturated heterocycles. The number of hydrogen-bond donors (Lipinski definition) is 3. The number of amides is 1. The predicted molar refractivity (Wildman–Crippen MR) is 118 cm³/mol. The Morgan fingerprint density at radius 2 is 2.10 bits per heavy atom. The summed E-state index contributed by atoms with van der Waals surface area (Å²) in [7, 11) is 0. The van der Waals surface area contributed by atoms with Gasteiger partial charge >= 0.3 is 0 Å². The Hall–Kier alpha value is -3.26. The number of nitrogens with one attached hydrogen (secondary N) is 2. The molecule has 1 aromatic carbocycles. The van der Waals surface area contributed by atoms with Crippen molar-refractivity contribution in [3.05, 3.63) is 48.3 Å². The number of H-pyrrole nitrogens is 1. The number of hydrogen-bond acceptors (Lipinski definition) is 6. The van der Waals surface area contributed by atoms with Gasteiger partial charge in [-0.3, -0.25) is 4.79 Å². The number of aromatic amines is 1. The van der Waals surface area contributed by atoms with Crippen molar-refractivity contribution in [3.63, 3.8) is 0 Å². The van der Waals surface area contributed by atoms with Crippen molar-refractivity contribution in [1.29, 1.82) is 0 Å². The third-order valence-electron chi connectivity index (χ3n) is 6.13. The first kappa shape index (κ1) is 19.7. The van der Waals surface area contributed by atoms with Gasteiger partial charge in [-0.2, -0.15) is 0 Å². The van der Waals surface area contributed by atoms with Gasteiger partial charge in [0.1, 0.15) is 18.5 Å². The van der Waals surface area contributed by atoms with Gasteiger partial charge in [0.15, 0.2) is 11.5 Å². The van der Waals surface area contributed by atoms with E-state index >= 15 is 0 Å². The highest BCUT2D eigenvalue weighted by atomic mass is 16.6. The highest BCUT2D eigenvalue weighted by Crippen LogP contribution is 2.38. The standard InChI is InChI=1S/C23H27N5O3/c24-22-18(2-1-8-27-22)23(29)28-10-6-15(7-11-28)12-25-13-16-14-30-20-4-3-19-17(5-9-26-19)21(20)31-16/h1-5,8-9,15-16,25-26H,6-7,10-14H2,(H2,24,27). The number of anilines is 1. The largest absolute Gasteiger partial charge is 0.486 e. The number of nitrogen functional groups attached to an aromatic ring is 1. The third-order valence-corrected chi connectivity index (χ3v) is 6.13. The lowest BCUT2D eigenvalue weighted by molar-refractivity contribution is 0.0683. The summed E-state index contributed by atoms with van der Waals surface area (Å²) in [6.07, 6.45) is 5.42. The van der Waals surface area contributed by atoms with E-state index < -0.39 is 0 Å². The molecule has 0 spiro atoms. The van der Waals surface area contributed by atoms with Crippen molar-refractivity contribution in [2.24, 2.45) is 5.92 Å². The first-order valence-corrected chi connectivity index (χ1v) is 10.8. The number of ether oxygens (including phenoxy) is 2. The SMILES string of the molecule is Nc1ncccc1C(=O)N1CCC(CNCC2COc3ccc4[nH]ccc4c3O2)CC1. The van der Waals surface area contributed by atoms with Crippen LogP contribution in [0.2, 0.25) is 0 Å². The molecule has 8 nitrogen and oxygen atoms in total. The number of fused-ring (bicyclic) bond motifs is 3. The van der Waals surface area contributed by atoms with Crippen LogP contribution in [0.3, 0.4) is 0 Å². The molecule has 3 aromatic rings. The van der Waals surface area contributed by atoms with Crippen LogP contribution >= 0.6 is 0 Å². The van der Waals surface area contributed by atoms with E-state index in [0.717, 1.165) is 61.4 Å². The molecule has 2 aliphatic rings. The number of carbonyl (C=O) groups is 1. The molecule has 162 valence electrons. The molecular formula is C23H27N5O3. The van der Waals surface area contributed by atoms with Crippen molar-refractivity contribution in [1.82, 2.24) is 20.2 Å². The maximum absolute atomic E-state index is 12.7. The molecule has 0 saturated carbocycles. The number of pyridine rings is 1. The summed E-state index contributed by atoms with van der Waals surface area (Å²) in [5.41, 5.74) is 7.39. The minimum Gasteiger partial charge on any atom is -0.486 e. The molecule has 2 aromatic heterocycles. The summed E-state index contributed by atoms with van der Waals surface area (Å²) >= 11 is 0. The predicted octanol–water partition coefficient (Wildman–Crippen LogP) is 2.43. The quantitative estimate of drug-likeness (QED) is 0.584. The van der Waals surface area contributed by atoms with Crippen LogP contribution in [0.15, 0.2) is 42.7 Å². The highest BCUT2D eigenvalue weighted by molar-refractivity contribution is 5.98. The molecule has 1 fully saturated rings. The average molecular weight is 422 g/mol. The highest BCUT2D eigenvalue weighted by Gasteiger charge is 2.26. The third kappa shape index (κ3) is 4.03. The van der Waals surface area contributed by atoms with Crippen molar-refractivity contribution in [2.45, 2.75) is 18.9 Å². The molecule has 0 aliphatic carbocycles. The number of nitrogens with zero attached hydrogens (tertiary/aromatic N) is 2. The van der Waals surface area contributed by atoms with E-state index in [9.17, 15) is 4.79 Å². The summed E-state index contributed by atoms with van der Waals surface area (Å²) in [5.74, 6) is 2.42. The van der Waals surface area contributed by atoms with Gasteiger partial charge in [-0.05, 0) is 55.6 Å². The Balaban J connectivity index is 1.09. The van der Waals surface area contributed by atoms with Crippen LogP contribution in [-0.4, -0.2) is 59.7 Å². The van der Waals surface area contributed by atoms with Gasteiger partial charge in [0.2, 0.25) is 0 Å². The van der Waals surface area contributed by atoms with Crippen LogP contribution in [0, 0.1) is 5.92 Å². The van der Waals surface area contributed by atoms with Crippen LogP contribution < -0.4 is 20.5 Å². The van der Waals surface area contributed by atoms with E-state index in [0.29, 0.717) is 23.9 Å². The number of rotatable bonds is 5. The van der Waals surface area contributed by atoms with Crippen LogP contribution in [-0.2, 0) is 0 Å². The van der Waals surface area contributed by atoms with Gasteiger partial charge in [0, 0.05) is 42.9 Å². The Morgan fingerprint density at radius 1 is 1.23 bits per heavy atom. The van der Waals surface area contributed by atoms with E-state index in [2.05, 4.69) is 15.3 Å². The fourth-order valence-electron chi connectivity index (χ4n) is 4.36. The van der Waals surface area contributed by atoms with Crippen molar-refractivity contribution < 1.29 is 14.3 Å². The first-order chi connectivity index (χ1) is 15.2. The maximum atomic E-state index is 12.7. The van der Waals surface area contributed by atoms with Gasteiger partial charge in [-0.25, -0.2) is 4.98 Å². The van der Waals surface area contributed by atoms with E-state index in [-0.39, 0.29) is 12.0 Å². The fourth-order valence-corrected chi connectivity index (χ4v) is 4.36. The molecule has 0 radical (unpaired) electrons. The molecule has 4 N–H and O–H groups in total. The summed E-state index contributed by atoms with van der Waals surface area (Å²) < 4.78 is 12.1. The van der Waals surface area contributed by atoms with Crippen LogP contribution in [0.1, 0.15) is 23.2 Å². The number of aromatic nitrogens is 2. The Labute approximate surface area is 180 Å². The van der Waals surface area contributed by atoms with Crippen LogP contribution in [0.25, 0.3) is 10.9 Å². The summed E-state index contributed by atoms with van der Waals surface area (Å²) in [5, 5.41) is 4.59. The lowest BCUT2D eigenvalue weighted by atomic mass is 9.96. The number of likely N-dealkylation sites (tertiary alicyclic amines) is 1. The number of benzene rings is 1. The van der Waals surface area contributed by atoms with E-state index in [1.807, 2.05) is 29.3 Å². The second kappa shape index (κ2) is 8.47. The fraction of sp³-hybridized carbons (Fsp3) is 0.391. The molecule has 8 heteroatoms. The molecule has 1 atom stereocenters. The monoisotopic (exact) mass is 421 g/mol. The lowest BCUT2D eigenvalue weighted by Gasteiger charge is -2.33. The van der Waals surface area contributed by atoms with Crippen molar-refractivity contribution in [2.75, 3.05) is 38.5 Å². The normalized spacial score (nSPS) is 19.0. The second-order valence-electron chi connectivity index (χ2n) is 8.21. The van der Waals surface area contributed by atoms with Crippen LogP contribution in [0.5, 0.6) is 11.5 Å². The Morgan fingerprint density at radius 3 is 2.94 bits per heavy atom. The minimum atomic E-state index is -0.0282. The van der Waals surface area contributed by atoms with Gasteiger partial charge in [0.05, 0.1) is 5.56 Å². The van der Waals surface area contributed by atoms with Gasteiger partial charge < -0.3 is 30.4 Å². The summed E-state index contributed by atoms with van der Waals surface area (Å²) in [6, 6.07) is 9.46. The zero-order valence-electron chi connectivity index (χ0n) is 17.3. The smallest absolute Gasteiger partial charge is 0.257 e. The number of carbonyl (C=O) groups excluding carboxylic acids is 1. The number of nitrogens with two attached hydrogens (primary N) is 1. The summed E-state index contributed by atoms with van der Waals surface area (Å²) in [6.45, 7) is 3.64. The molecule has 2 aliphatic heterocycles. The number of piperidine rings is 1.